The van der Waals surface area contributed by atoms with E-state index in [4.69, 9.17) is 14.7 Å². The summed E-state index contributed by atoms with van der Waals surface area (Å²) in [7, 11) is 0. The summed E-state index contributed by atoms with van der Waals surface area (Å²) in [5.74, 6) is -0.153. The predicted molar refractivity (Wildman–Crippen MR) is 72.6 cm³/mol. The third kappa shape index (κ3) is 6.45. The standard InChI is InChI=1S/C14H19NO4/c1-2-3-9-18-13-7-5-4-6-12(13)11-15-19-10-8-14(16)17/h4-7,11H,2-3,8-10H2,1H3,(H,16,17)/b15-11+. The fraction of sp³-hybridized carbons (Fsp3) is 0.429. The van der Waals surface area contributed by atoms with E-state index in [2.05, 4.69) is 12.1 Å². The SMILES string of the molecule is CCCCOc1ccccc1/C=N/OCCC(=O)O. The van der Waals surface area contributed by atoms with E-state index in [1.54, 1.807) is 0 Å². The quantitative estimate of drug-likeness (QED) is 0.423. The third-order valence-electron chi connectivity index (χ3n) is 2.35. The van der Waals surface area contributed by atoms with Gasteiger partial charge in [0.15, 0.2) is 0 Å². The molecule has 5 heteroatoms. The van der Waals surface area contributed by atoms with Crippen LogP contribution >= 0.6 is 0 Å². The molecule has 0 bridgehead atoms. The summed E-state index contributed by atoms with van der Waals surface area (Å²) in [5, 5.41) is 12.2. The van der Waals surface area contributed by atoms with Gasteiger partial charge in [0.05, 0.1) is 19.2 Å². The van der Waals surface area contributed by atoms with Crippen LogP contribution in [0.3, 0.4) is 0 Å². The lowest BCUT2D eigenvalue weighted by Crippen LogP contribution is -2.01. The highest BCUT2D eigenvalue weighted by atomic mass is 16.6. The van der Waals surface area contributed by atoms with Crippen LogP contribution in [-0.4, -0.2) is 30.5 Å². The molecule has 1 N–H and O–H groups in total. The first-order chi connectivity index (χ1) is 9.24. The number of oxime groups is 1. The number of ether oxygens (including phenoxy) is 1. The number of aliphatic carboxylic acids is 1. The maximum absolute atomic E-state index is 10.3. The van der Waals surface area contributed by atoms with Crippen LogP contribution < -0.4 is 4.74 Å². The first kappa shape index (κ1) is 15.0. The van der Waals surface area contributed by atoms with Gasteiger partial charge < -0.3 is 14.7 Å². The van der Waals surface area contributed by atoms with Gasteiger partial charge in [0, 0.05) is 5.56 Å². The number of unbranched alkanes of at least 4 members (excludes halogenated alkanes) is 1. The zero-order valence-corrected chi connectivity index (χ0v) is 11.0. The number of benzene rings is 1. The highest BCUT2D eigenvalue weighted by molar-refractivity contribution is 5.83. The van der Waals surface area contributed by atoms with Crippen LogP contribution in [0.4, 0.5) is 0 Å². The van der Waals surface area contributed by atoms with Crippen molar-refractivity contribution in [3.05, 3.63) is 29.8 Å². The lowest BCUT2D eigenvalue weighted by molar-refractivity contribution is -0.138. The minimum Gasteiger partial charge on any atom is -0.493 e. The van der Waals surface area contributed by atoms with Crippen LogP contribution in [-0.2, 0) is 9.63 Å². The topological polar surface area (TPSA) is 68.1 Å². The Bertz CT molecular complexity index is 418. The third-order valence-corrected chi connectivity index (χ3v) is 2.35. The second-order valence-corrected chi connectivity index (χ2v) is 3.95. The largest absolute Gasteiger partial charge is 0.493 e. The molecule has 0 unspecified atom stereocenters. The maximum atomic E-state index is 10.3. The van der Waals surface area contributed by atoms with E-state index in [-0.39, 0.29) is 13.0 Å². The van der Waals surface area contributed by atoms with Crippen molar-refractivity contribution in [3.8, 4) is 5.75 Å². The molecule has 104 valence electrons. The molecular formula is C14H19NO4. The molecule has 1 aromatic rings. The van der Waals surface area contributed by atoms with Gasteiger partial charge in [-0.15, -0.1) is 0 Å². The Morgan fingerprint density at radius 1 is 1.37 bits per heavy atom. The second kappa shape index (κ2) is 8.97. The molecule has 19 heavy (non-hydrogen) atoms. The van der Waals surface area contributed by atoms with E-state index in [0.29, 0.717) is 6.61 Å². The zero-order chi connectivity index (χ0) is 13.9. The normalized spacial score (nSPS) is 10.6. The monoisotopic (exact) mass is 265 g/mol. The number of para-hydroxylation sites is 1. The van der Waals surface area contributed by atoms with Crippen molar-refractivity contribution in [2.24, 2.45) is 5.16 Å². The fourth-order valence-corrected chi connectivity index (χ4v) is 1.32. The van der Waals surface area contributed by atoms with Gasteiger partial charge in [-0.05, 0) is 18.6 Å². The fourth-order valence-electron chi connectivity index (χ4n) is 1.32. The molecule has 0 saturated heterocycles. The molecule has 0 amide bonds. The van der Waals surface area contributed by atoms with E-state index in [1.165, 1.54) is 6.21 Å². The van der Waals surface area contributed by atoms with Gasteiger partial charge >= 0.3 is 5.97 Å². The Morgan fingerprint density at radius 3 is 2.89 bits per heavy atom. The highest BCUT2D eigenvalue weighted by Gasteiger charge is 2.00. The number of hydrogen-bond donors (Lipinski definition) is 1. The van der Waals surface area contributed by atoms with Gasteiger partial charge in [-0.1, -0.05) is 30.6 Å². The lowest BCUT2D eigenvalue weighted by Gasteiger charge is -2.07. The van der Waals surface area contributed by atoms with Crippen LogP contribution in [0.5, 0.6) is 5.75 Å². The van der Waals surface area contributed by atoms with E-state index in [1.807, 2.05) is 24.3 Å². The molecule has 0 aliphatic heterocycles. The van der Waals surface area contributed by atoms with Crippen molar-refractivity contribution in [2.75, 3.05) is 13.2 Å². The Labute approximate surface area is 112 Å². The van der Waals surface area contributed by atoms with Crippen molar-refractivity contribution >= 4 is 12.2 Å². The van der Waals surface area contributed by atoms with E-state index < -0.39 is 5.97 Å². The van der Waals surface area contributed by atoms with Gasteiger partial charge in [0.1, 0.15) is 12.4 Å². The highest BCUT2D eigenvalue weighted by Crippen LogP contribution is 2.16. The number of rotatable bonds is 9. The van der Waals surface area contributed by atoms with Gasteiger partial charge in [0.2, 0.25) is 0 Å². The number of carboxylic acid groups (broad SMARTS) is 1. The molecule has 0 aliphatic rings. The summed E-state index contributed by atoms with van der Waals surface area (Å²) in [6, 6.07) is 7.51. The minimum absolute atomic E-state index is 0.0602. The molecule has 0 saturated carbocycles. The van der Waals surface area contributed by atoms with Crippen molar-refractivity contribution < 1.29 is 19.5 Å². The number of nitrogens with zero attached hydrogens (tertiary/aromatic N) is 1. The van der Waals surface area contributed by atoms with Crippen molar-refractivity contribution in [3.63, 3.8) is 0 Å². The van der Waals surface area contributed by atoms with Crippen LogP contribution in [0.25, 0.3) is 0 Å². The summed E-state index contributed by atoms with van der Waals surface area (Å²) in [6.45, 7) is 2.83. The Balaban J connectivity index is 2.47. The number of hydrogen-bond acceptors (Lipinski definition) is 4. The molecule has 0 fully saturated rings. The lowest BCUT2D eigenvalue weighted by atomic mass is 10.2. The second-order valence-electron chi connectivity index (χ2n) is 3.95. The Hall–Kier alpha value is -2.04. The average molecular weight is 265 g/mol. The van der Waals surface area contributed by atoms with Gasteiger partial charge in [0.25, 0.3) is 0 Å². The molecule has 5 nitrogen and oxygen atoms in total. The minimum atomic E-state index is -0.904. The van der Waals surface area contributed by atoms with Crippen LogP contribution in [0, 0.1) is 0 Å². The number of carboxylic acids is 1. The molecule has 0 spiro atoms. The molecule has 0 heterocycles. The first-order valence-electron chi connectivity index (χ1n) is 6.33. The van der Waals surface area contributed by atoms with Gasteiger partial charge in [-0.25, -0.2) is 0 Å². The van der Waals surface area contributed by atoms with Gasteiger partial charge in [-0.3, -0.25) is 4.79 Å². The molecular weight excluding hydrogens is 246 g/mol. The predicted octanol–water partition coefficient (Wildman–Crippen LogP) is 2.69. The van der Waals surface area contributed by atoms with Crippen molar-refractivity contribution in [2.45, 2.75) is 26.2 Å². The molecule has 1 aromatic carbocycles. The summed E-state index contributed by atoms with van der Waals surface area (Å²) in [4.78, 5) is 15.1. The van der Waals surface area contributed by atoms with E-state index >= 15 is 0 Å². The molecule has 0 atom stereocenters. The summed E-state index contributed by atoms with van der Waals surface area (Å²) in [6.07, 6.45) is 3.55. The van der Waals surface area contributed by atoms with Crippen LogP contribution in [0.2, 0.25) is 0 Å². The molecule has 0 radical (unpaired) electrons. The summed E-state index contributed by atoms with van der Waals surface area (Å²) < 4.78 is 5.63. The Morgan fingerprint density at radius 2 is 2.16 bits per heavy atom. The smallest absolute Gasteiger partial charge is 0.306 e. The first-order valence-corrected chi connectivity index (χ1v) is 6.33. The van der Waals surface area contributed by atoms with Gasteiger partial charge in [-0.2, -0.15) is 0 Å². The molecule has 0 aromatic heterocycles. The van der Waals surface area contributed by atoms with Crippen molar-refractivity contribution in [1.29, 1.82) is 0 Å². The van der Waals surface area contributed by atoms with Crippen LogP contribution in [0.1, 0.15) is 31.7 Å². The molecule has 1 rings (SSSR count). The van der Waals surface area contributed by atoms with Crippen LogP contribution in [0.15, 0.2) is 29.4 Å². The zero-order valence-electron chi connectivity index (χ0n) is 11.0. The maximum Gasteiger partial charge on any atom is 0.306 e. The summed E-state index contributed by atoms with van der Waals surface area (Å²) >= 11 is 0. The van der Waals surface area contributed by atoms with Crippen molar-refractivity contribution in [1.82, 2.24) is 0 Å². The van der Waals surface area contributed by atoms with E-state index in [0.717, 1.165) is 24.2 Å². The number of carbonyl (C=O) groups is 1. The molecule has 0 aliphatic carbocycles. The summed E-state index contributed by atoms with van der Waals surface area (Å²) in [5.41, 5.74) is 0.814. The Kier molecular flexibility index (Phi) is 7.09. The van der Waals surface area contributed by atoms with E-state index in [9.17, 15) is 4.79 Å². The average Bonchev–Trinajstić information content (AvgIpc) is 2.40.